The number of rotatable bonds is 6. The maximum atomic E-state index is 2.47. The number of benzene rings is 13. The molecule has 0 heterocycles. The molecule has 13 aromatic rings. The van der Waals surface area contributed by atoms with Crippen molar-refractivity contribution in [3.05, 3.63) is 243 Å². The molecule has 64 heavy (non-hydrogen) atoms. The molecule has 0 aromatic heterocycles. The molecule has 0 radical (unpaired) electrons. The van der Waals surface area contributed by atoms with Crippen molar-refractivity contribution < 1.29 is 0 Å². The zero-order chi connectivity index (χ0) is 42.1. The third-order valence-corrected chi connectivity index (χ3v) is 13.3. The number of hydrogen-bond donors (Lipinski definition) is 0. The van der Waals surface area contributed by atoms with Gasteiger partial charge in [0.25, 0.3) is 0 Å². The lowest BCUT2D eigenvalue weighted by atomic mass is 9.88. The van der Waals surface area contributed by atoms with Gasteiger partial charge in [0.2, 0.25) is 0 Å². The van der Waals surface area contributed by atoms with Gasteiger partial charge in [0, 0.05) is 34.1 Å². The maximum absolute atomic E-state index is 2.47. The third kappa shape index (κ3) is 5.81. The van der Waals surface area contributed by atoms with E-state index in [1.807, 2.05) is 0 Å². The molecule has 0 aliphatic rings. The van der Waals surface area contributed by atoms with Crippen molar-refractivity contribution in [2.45, 2.75) is 0 Å². The summed E-state index contributed by atoms with van der Waals surface area (Å²) in [6, 6.07) is 89.2. The topological polar surface area (TPSA) is 6.48 Å². The van der Waals surface area contributed by atoms with E-state index in [1.54, 1.807) is 0 Å². The van der Waals surface area contributed by atoms with Crippen LogP contribution in [0.2, 0.25) is 0 Å². The second-order valence-electron chi connectivity index (χ2n) is 16.9. The lowest BCUT2D eigenvalue weighted by molar-refractivity contribution is 1.29. The van der Waals surface area contributed by atoms with E-state index in [9.17, 15) is 0 Å². The van der Waals surface area contributed by atoms with Crippen LogP contribution in [-0.4, -0.2) is 0 Å². The minimum atomic E-state index is 1.12. The van der Waals surface area contributed by atoms with Crippen LogP contribution < -0.4 is 9.80 Å². The zero-order valence-corrected chi connectivity index (χ0v) is 35.0. The second-order valence-corrected chi connectivity index (χ2v) is 16.9. The molecule has 0 aliphatic heterocycles. The monoisotopic (exact) mass is 812 g/mol. The van der Waals surface area contributed by atoms with Gasteiger partial charge in [-0.3, -0.25) is 0 Å². The smallest absolute Gasteiger partial charge is 0.0468 e. The number of anilines is 6. The van der Waals surface area contributed by atoms with Crippen molar-refractivity contribution in [2.75, 3.05) is 9.80 Å². The minimum Gasteiger partial charge on any atom is -0.310 e. The van der Waals surface area contributed by atoms with E-state index in [1.165, 1.54) is 86.2 Å². The molecule has 0 N–H and O–H groups in total. The Labute approximate surface area is 371 Å². The van der Waals surface area contributed by atoms with Crippen LogP contribution in [0.3, 0.4) is 0 Å². The fraction of sp³-hybridized carbons (Fsp3) is 0. The lowest BCUT2D eigenvalue weighted by Gasteiger charge is -2.27. The summed E-state index contributed by atoms with van der Waals surface area (Å²) in [4.78, 5) is 4.77. The molecule has 13 aromatic carbocycles. The Morgan fingerprint density at radius 1 is 0.156 bits per heavy atom. The molecule has 0 amide bonds. The molecule has 13 rings (SSSR count). The minimum absolute atomic E-state index is 1.12. The summed E-state index contributed by atoms with van der Waals surface area (Å²) in [5.41, 5.74) is 6.76. The molecular weight excluding hydrogens is 773 g/mol. The van der Waals surface area contributed by atoms with Gasteiger partial charge in [-0.1, -0.05) is 158 Å². The Balaban J connectivity index is 1.04. The molecule has 298 valence electrons. The second kappa shape index (κ2) is 14.6. The molecule has 0 fully saturated rings. The fourth-order valence-corrected chi connectivity index (χ4v) is 10.3. The average molecular weight is 813 g/mol. The molecular formula is C62H40N2. The first-order chi connectivity index (χ1) is 31.7. The van der Waals surface area contributed by atoms with Crippen LogP contribution in [-0.2, 0) is 0 Å². The first-order valence-corrected chi connectivity index (χ1v) is 22.1. The van der Waals surface area contributed by atoms with Gasteiger partial charge in [0.05, 0.1) is 0 Å². The van der Waals surface area contributed by atoms with E-state index < -0.39 is 0 Å². The van der Waals surface area contributed by atoms with Gasteiger partial charge in [-0.05, 0) is 171 Å². The summed E-state index contributed by atoms with van der Waals surface area (Å²) in [5, 5.41) is 20.0. The molecule has 0 unspecified atom stereocenters. The van der Waals surface area contributed by atoms with Crippen molar-refractivity contribution in [3.63, 3.8) is 0 Å². The van der Waals surface area contributed by atoms with Gasteiger partial charge in [-0.25, -0.2) is 0 Å². The van der Waals surface area contributed by atoms with Gasteiger partial charge in [-0.2, -0.15) is 0 Å². The Morgan fingerprint density at radius 3 is 0.828 bits per heavy atom. The number of fused-ring (bicyclic) bond motifs is 14. The van der Waals surface area contributed by atoms with E-state index in [-0.39, 0.29) is 0 Å². The van der Waals surface area contributed by atoms with Crippen LogP contribution in [0.15, 0.2) is 243 Å². The van der Waals surface area contributed by atoms with Crippen LogP contribution in [0, 0.1) is 0 Å². The van der Waals surface area contributed by atoms with E-state index in [2.05, 4.69) is 252 Å². The molecule has 0 aliphatic carbocycles. The largest absolute Gasteiger partial charge is 0.310 e. The van der Waals surface area contributed by atoms with Crippen molar-refractivity contribution >= 4 is 120 Å². The number of para-hydroxylation sites is 2. The van der Waals surface area contributed by atoms with E-state index >= 15 is 0 Å². The van der Waals surface area contributed by atoms with E-state index in [4.69, 9.17) is 0 Å². The summed E-state index contributed by atoms with van der Waals surface area (Å²) in [5.74, 6) is 0. The van der Waals surface area contributed by atoms with E-state index in [0.29, 0.717) is 0 Å². The van der Waals surface area contributed by atoms with Crippen LogP contribution in [0.25, 0.3) is 86.2 Å². The molecule has 2 nitrogen and oxygen atoms in total. The number of nitrogens with zero attached hydrogens (tertiary/aromatic N) is 2. The van der Waals surface area contributed by atoms with Crippen LogP contribution in [0.5, 0.6) is 0 Å². The highest BCUT2D eigenvalue weighted by Crippen LogP contribution is 2.46. The molecule has 0 saturated heterocycles. The Morgan fingerprint density at radius 2 is 0.438 bits per heavy atom. The van der Waals surface area contributed by atoms with Crippen LogP contribution >= 0.6 is 0 Å². The highest BCUT2D eigenvalue weighted by molar-refractivity contribution is 6.33. The molecule has 2 heteroatoms. The molecule has 0 saturated carbocycles. The lowest BCUT2D eigenvalue weighted by Crippen LogP contribution is -2.09. The summed E-state index contributed by atoms with van der Waals surface area (Å²) in [7, 11) is 0. The van der Waals surface area contributed by atoms with Gasteiger partial charge in [-0.15, -0.1) is 0 Å². The van der Waals surface area contributed by atoms with Crippen LogP contribution in [0.1, 0.15) is 0 Å². The van der Waals surface area contributed by atoms with E-state index in [0.717, 1.165) is 34.1 Å². The van der Waals surface area contributed by atoms with Crippen molar-refractivity contribution in [1.82, 2.24) is 0 Å². The number of hydrogen-bond acceptors (Lipinski definition) is 2. The average Bonchev–Trinajstić information content (AvgIpc) is 3.37. The first-order valence-electron chi connectivity index (χ1n) is 22.1. The Kier molecular flexibility index (Phi) is 8.25. The van der Waals surface area contributed by atoms with Gasteiger partial charge < -0.3 is 9.80 Å². The third-order valence-electron chi connectivity index (χ3n) is 13.3. The quantitative estimate of drug-likeness (QED) is 0.122. The summed E-state index contributed by atoms with van der Waals surface area (Å²) >= 11 is 0. The Bertz CT molecular complexity index is 3710. The molecule has 0 bridgehead atoms. The highest BCUT2D eigenvalue weighted by atomic mass is 15.1. The van der Waals surface area contributed by atoms with Gasteiger partial charge >= 0.3 is 0 Å². The normalized spacial score (nSPS) is 11.8. The standard InChI is InChI=1S/C62H40N2/c1-3-19-45(20-4-1)63(47-29-27-41-15-7-9-17-43(41)35-47)49-31-33-55-57(37-49)51-23-11-13-25-53(51)59-40-62-56-34-32-50(38-58(56)52-24-12-14-26-54(52)60(62)39-61(55)59)64(46-21-5-2-6-22-46)48-30-28-42-16-8-10-18-44(42)36-48/h1-40H. The van der Waals surface area contributed by atoms with Gasteiger partial charge in [0.15, 0.2) is 0 Å². The van der Waals surface area contributed by atoms with Crippen LogP contribution in [0.4, 0.5) is 34.1 Å². The van der Waals surface area contributed by atoms with Crippen molar-refractivity contribution in [1.29, 1.82) is 0 Å². The maximum Gasteiger partial charge on any atom is 0.0468 e. The summed E-state index contributed by atoms with van der Waals surface area (Å²) in [6.45, 7) is 0. The molecule has 0 atom stereocenters. The predicted octanol–water partition coefficient (Wildman–Crippen LogP) is 17.9. The van der Waals surface area contributed by atoms with Crippen molar-refractivity contribution in [2.24, 2.45) is 0 Å². The fourth-order valence-electron chi connectivity index (χ4n) is 10.3. The SMILES string of the molecule is c1ccc(N(c2ccc3ccccc3c2)c2ccc3c(c2)c2ccccc2c2cc4c5ccc(N(c6ccccc6)c6ccc7ccccc7c6)cc5c5ccccc5c4cc32)cc1. The Hall–Kier alpha value is -8.46. The highest BCUT2D eigenvalue weighted by Gasteiger charge is 2.20. The predicted molar refractivity (Wildman–Crippen MR) is 276 cm³/mol. The van der Waals surface area contributed by atoms with Gasteiger partial charge in [0.1, 0.15) is 0 Å². The first kappa shape index (κ1) is 36.2. The summed E-state index contributed by atoms with van der Waals surface area (Å²) in [6.07, 6.45) is 0. The summed E-state index contributed by atoms with van der Waals surface area (Å²) < 4.78 is 0. The zero-order valence-electron chi connectivity index (χ0n) is 35.0. The van der Waals surface area contributed by atoms with Crippen molar-refractivity contribution in [3.8, 4) is 0 Å². The molecule has 0 spiro atoms.